The van der Waals surface area contributed by atoms with Crippen LogP contribution in [0.4, 0.5) is 0 Å². The number of piperidine rings is 1. The lowest BCUT2D eigenvalue weighted by Crippen LogP contribution is -2.32. The summed E-state index contributed by atoms with van der Waals surface area (Å²) in [5, 5.41) is 12.7. The van der Waals surface area contributed by atoms with Crippen LogP contribution in [0, 0.1) is 0 Å². The maximum Gasteiger partial charge on any atom is 0.267 e. The maximum absolute atomic E-state index is 11.2. The number of amides is 1. The predicted molar refractivity (Wildman–Crippen MR) is 148 cm³/mol. The number of carbonyl (C=O) groups excluding carboxylic acids is 1. The quantitative estimate of drug-likeness (QED) is 0.136. The Morgan fingerprint density at radius 2 is 1.77 bits per heavy atom. The number of carbonyl (C=O) groups is 1. The first kappa shape index (κ1) is 29.2. The smallest absolute Gasteiger partial charge is 0.267 e. The fraction of sp³-hybridized carbons (Fsp3) is 0.393. The molecule has 12 heteroatoms. The zero-order valence-electron chi connectivity index (χ0n) is 22.4. The number of sulfone groups is 1. The number of rotatable bonds is 13. The van der Waals surface area contributed by atoms with Gasteiger partial charge in [-0.1, -0.05) is 29.4 Å². The van der Waals surface area contributed by atoms with Crippen LogP contribution in [0.3, 0.4) is 0 Å². The van der Waals surface area contributed by atoms with Crippen LogP contribution in [0.15, 0.2) is 59.1 Å². The van der Waals surface area contributed by atoms with E-state index in [0.717, 1.165) is 43.8 Å². The number of likely N-dealkylation sites (tertiary alicyclic amines) is 1. The van der Waals surface area contributed by atoms with E-state index in [1.165, 1.54) is 17.9 Å². The van der Waals surface area contributed by atoms with Crippen molar-refractivity contribution in [1.82, 2.24) is 20.5 Å². The number of hydrogen-bond acceptors (Lipinski definition) is 10. The molecule has 0 atom stereocenters. The third-order valence-corrected chi connectivity index (χ3v) is 7.50. The molecular formula is C28H34N4O7S. The minimum atomic E-state index is -2.96. The molecule has 0 saturated carbocycles. The van der Waals surface area contributed by atoms with Gasteiger partial charge in [-0.2, -0.15) is 4.98 Å². The van der Waals surface area contributed by atoms with Crippen molar-refractivity contribution in [1.29, 1.82) is 0 Å². The van der Waals surface area contributed by atoms with E-state index < -0.39 is 15.7 Å². The largest absolute Gasteiger partial charge is 0.494 e. The summed E-state index contributed by atoms with van der Waals surface area (Å²) in [6.07, 6.45) is 6.38. The lowest BCUT2D eigenvalue weighted by molar-refractivity contribution is -0.124. The summed E-state index contributed by atoms with van der Waals surface area (Å²) < 4.78 is 39.2. The molecule has 1 fully saturated rings. The highest BCUT2D eigenvalue weighted by Gasteiger charge is 2.25. The summed E-state index contributed by atoms with van der Waals surface area (Å²) in [6, 6.07) is 15.1. The zero-order valence-corrected chi connectivity index (χ0v) is 23.2. The van der Waals surface area contributed by atoms with Crippen LogP contribution >= 0.6 is 0 Å². The predicted octanol–water partition coefficient (Wildman–Crippen LogP) is 3.36. The number of benzene rings is 2. The minimum Gasteiger partial charge on any atom is -0.494 e. The van der Waals surface area contributed by atoms with Crippen molar-refractivity contribution >= 4 is 21.8 Å². The molecule has 2 aromatic carbocycles. The molecule has 214 valence electrons. The second-order valence-electron chi connectivity index (χ2n) is 9.74. The fourth-order valence-corrected chi connectivity index (χ4v) is 4.97. The van der Waals surface area contributed by atoms with Gasteiger partial charge in [-0.05, 0) is 73.8 Å². The summed E-state index contributed by atoms with van der Waals surface area (Å²) in [5.74, 6) is 2.26. The summed E-state index contributed by atoms with van der Waals surface area (Å²) in [7, 11) is -2.96. The standard InChI is InChI=1S/C28H34N4O7S/c1-40(35,36)18-2-17-37-24-10-5-22(6-11-24)19-32-15-13-23(14-16-32)28-29-27(39-31-28)20-38-25-8-3-21(4-9-25)7-12-26(33)30-34/h3-12,23,34H,2,13-20H2,1H3,(H,30,33)/b12-7+. The monoisotopic (exact) mass is 570 g/mol. The Labute approximate surface area is 233 Å². The first-order valence-electron chi connectivity index (χ1n) is 13.1. The van der Waals surface area contributed by atoms with Crippen molar-refractivity contribution in [2.45, 2.75) is 38.3 Å². The van der Waals surface area contributed by atoms with Gasteiger partial charge in [0.1, 0.15) is 21.3 Å². The number of hydroxylamine groups is 1. The molecule has 0 unspecified atom stereocenters. The summed E-state index contributed by atoms with van der Waals surface area (Å²) >= 11 is 0. The van der Waals surface area contributed by atoms with Crippen LogP contribution in [0.2, 0.25) is 0 Å². The van der Waals surface area contributed by atoms with E-state index in [1.807, 2.05) is 24.3 Å². The third kappa shape index (κ3) is 9.47. The van der Waals surface area contributed by atoms with E-state index >= 15 is 0 Å². The van der Waals surface area contributed by atoms with Gasteiger partial charge in [-0.3, -0.25) is 14.9 Å². The Hall–Kier alpha value is -3.74. The van der Waals surface area contributed by atoms with Gasteiger partial charge >= 0.3 is 0 Å². The van der Waals surface area contributed by atoms with Crippen LogP contribution in [0.5, 0.6) is 11.5 Å². The topological polar surface area (TPSA) is 144 Å². The molecule has 1 aliphatic rings. The Morgan fingerprint density at radius 1 is 1.10 bits per heavy atom. The van der Waals surface area contributed by atoms with Gasteiger partial charge in [-0.15, -0.1) is 0 Å². The number of nitrogens with zero attached hydrogens (tertiary/aromatic N) is 3. The van der Waals surface area contributed by atoms with E-state index in [0.29, 0.717) is 30.5 Å². The van der Waals surface area contributed by atoms with Crippen molar-refractivity contribution in [3.8, 4) is 11.5 Å². The van der Waals surface area contributed by atoms with E-state index in [1.54, 1.807) is 35.8 Å². The number of hydrogen-bond donors (Lipinski definition) is 2. The Balaban J connectivity index is 1.17. The second kappa shape index (κ2) is 14.1. The molecule has 11 nitrogen and oxygen atoms in total. The highest BCUT2D eigenvalue weighted by molar-refractivity contribution is 7.90. The minimum absolute atomic E-state index is 0.129. The molecule has 0 radical (unpaired) electrons. The van der Waals surface area contributed by atoms with Gasteiger partial charge in [0.2, 0.25) is 0 Å². The SMILES string of the molecule is CS(=O)(=O)CCCOc1ccc(CN2CCC(c3noc(COc4ccc(/C=C/C(=O)NO)cc4)n3)CC2)cc1. The van der Waals surface area contributed by atoms with Gasteiger partial charge in [0, 0.05) is 24.8 Å². The van der Waals surface area contributed by atoms with Crippen LogP contribution in [0.25, 0.3) is 6.08 Å². The van der Waals surface area contributed by atoms with Crippen molar-refractivity contribution in [3.63, 3.8) is 0 Å². The number of aromatic nitrogens is 2. The lowest BCUT2D eigenvalue weighted by atomic mass is 9.96. The molecule has 1 amide bonds. The Morgan fingerprint density at radius 3 is 2.45 bits per heavy atom. The number of ether oxygens (including phenoxy) is 2. The van der Waals surface area contributed by atoms with Gasteiger partial charge in [0.25, 0.3) is 11.8 Å². The van der Waals surface area contributed by atoms with Crippen molar-refractivity contribution in [3.05, 3.63) is 77.4 Å². The van der Waals surface area contributed by atoms with Crippen molar-refractivity contribution < 1.29 is 32.4 Å². The molecule has 40 heavy (non-hydrogen) atoms. The van der Waals surface area contributed by atoms with Crippen LogP contribution in [0.1, 0.15) is 48.0 Å². The molecule has 1 aromatic heterocycles. The fourth-order valence-electron chi connectivity index (χ4n) is 4.33. The van der Waals surface area contributed by atoms with Crippen molar-refractivity contribution in [2.24, 2.45) is 0 Å². The first-order valence-corrected chi connectivity index (χ1v) is 15.1. The van der Waals surface area contributed by atoms with Crippen LogP contribution in [-0.2, 0) is 27.8 Å². The molecule has 0 aliphatic carbocycles. The highest BCUT2D eigenvalue weighted by Crippen LogP contribution is 2.27. The van der Waals surface area contributed by atoms with Crippen LogP contribution < -0.4 is 15.0 Å². The van der Waals surface area contributed by atoms with E-state index in [9.17, 15) is 13.2 Å². The van der Waals surface area contributed by atoms with Crippen LogP contribution in [-0.4, -0.2) is 66.3 Å². The summed E-state index contributed by atoms with van der Waals surface area (Å²) in [6.45, 7) is 3.23. The average Bonchev–Trinajstić information content (AvgIpc) is 3.43. The van der Waals surface area contributed by atoms with E-state index in [-0.39, 0.29) is 18.3 Å². The Bertz CT molecular complexity index is 1360. The van der Waals surface area contributed by atoms with E-state index in [2.05, 4.69) is 15.0 Å². The maximum atomic E-state index is 11.2. The third-order valence-electron chi connectivity index (χ3n) is 6.47. The second-order valence-corrected chi connectivity index (χ2v) is 12.0. The number of nitrogens with one attached hydrogen (secondary N) is 1. The lowest BCUT2D eigenvalue weighted by Gasteiger charge is -2.30. The van der Waals surface area contributed by atoms with Gasteiger partial charge < -0.3 is 14.0 Å². The molecule has 2 heterocycles. The van der Waals surface area contributed by atoms with Gasteiger partial charge in [-0.25, -0.2) is 13.9 Å². The molecule has 1 saturated heterocycles. The molecule has 4 rings (SSSR count). The molecule has 0 spiro atoms. The van der Waals surface area contributed by atoms with E-state index in [4.69, 9.17) is 19.2 Å². The molecular weight excluding hydrogens is 536 g/mol. The summed E-state index contributed by atoms with van der Waals surface area (Å²) in [5.41, 5.74) is 3.52. The van der Waals surface area contributed by atoms with Gasteiger partial charge in [0.15, 0.2) is 12.4 Å². The zero-order chi connectivity index (χ0) is 28.4. The summed E-state index contributed by atoms with van der Waals surface area (Å²) in [4.78, 5) is 18.0. The molecule has 0 bridgehead atoms. The van der Waals surface area contributed by atoms with Gasteiger partial charge in [0.05, 0.1) is 12.4 Å². The average molecular weight is 571 g/mol. The Kier molecular flexibility index (Phi) is 10.3. The van der Waals surface area contributed by atoms with Crippen molar-refractivity contribution in [2.75, 3.05) is 31.7 Å². The first-order chi connectivity index (χ1) is 19.3. The molecule has 2 N–H and O–H groups in total. The molecule has 1 aliphatic heterocycles. The normalized spacial score (nSPS) is 14.8. The molecule has 3 aromatic rings. The highest BCUT2D eigenvalue weighted by atomic mass is 32.2.